The highest BCUT2D eigenvalue weighted by Crippen LogP contribution is 2.29. The van der Waals surface area contributed by atoms with E-state index in [1.54, 1.807) is 0 Å². The molecule has 2 N–H and O–H groups in total. The highest BCUT2D eigenvalue weighted by molar-refractivity contribution is 5.70. The van der Waals surface area contributed by atoms with Gasteiger partial charge in [0, 0.05) is 11.1 Å². The quantitative estimate of drug-likeness (QED) is 0.773. The Balaban J connectivity index is 2.63. The van der Waals surface area contributed by atoms with Gasteiger partial charge >= 0.3 is 0 Å². The van der Waals surface area contributed by atoms with Gasteiger partial charge in [-0.3, -0.25) is 0 Å². The molecule has 0 radical (unpaired) electrons. The van der Waals surface area contributed by atoms with Crippen LogP contribution < -0.4 is 5.73 Å². The maximum atomic E-state index is 5.64. The molecule has 0 saturated carbocycles. The lowest BCUT2D eigenvalue weighted by atomic mass is 10.0. The lowest BCUT2D eigenvalue weighted by molar-refractivity contribution is 0.439. The Morgan fingerprint density at radius 2 is 1.93 bits per heavy atom. The van der Waals surface area contributed by atoms with E-state index in [-0.39, 0.29) is 0 Å². The van der Waals surface area contributed by atoms with Crippen molar-refractivity contribution in [1.29, 1.82) is 0 Å². The molecule has 0 saturated heterocycles. The zero-order valence-electron chi connectivity index (χ0n) is 9.16. The van der Waals surface area contributed by atoms with Crippen molar-refractivity contribution in [2.75, 3.05) is 5.73 Å². The molecule has 0 atom stereocenters. The Hall–Kier alpha value is -1.77. The second-order valence-electron chi connectivity index (χ2n) is 3.84. The van der Waals surface area contributed by atoms with Crippen molar-refractivity contribution in [1.82, 2.24) is 5.16 Å². The zero-order valence-corrected chi connectivity index (χ0v) is 9.16. The fraction of sp³-hybridized carbons (Fsp3) is 0.250. The molecule has 0 fully saturated rings. The molecule has 78 valence electrons. The van der Waals surface area contributed by atoms with Gasteiger partial charge in [0.05, 0.1) is 0 Å². The van der Waals surface area contributed by atoms with Gasteiger partial charge in [-0.2, -0.15) is 0 Å². The van der Waals surface area contributed by atoms with Crippen molar-refractivity contribution in [2.45, 2.75) is 20.8 Å². The maximum Gasteiger partial charge on any atom is 0.225 e. The molecular formula is C12H14N2O. The highest BCUT2D eigenvalue weighted by Gasteiger charge is 2.12. The summed E-state index contributed by atoms with van der Waals surface area (Å²) in [5, 5.41) is 3.99. The summed E-state index contributed by atoms with van der Waals surface area (Å²) in [5.74, 6) is 0.394. The van der Waals surface area contributed by atoms with Crippen LogP contribution in [-0.2, 0) is 0 Å². The van der Waals surface area contributed by atoms with E-state index in [9.17, 15) is 0 Å². The number of hydrogen-bond acceptors (Lipinski definition) is 3. The average molecular weight is 202 g/mol. The Morgan fingerprint density at radius 1 is 1.20 bits per heavy atom. The third-order valence-corrected chi connectivity index (χ3v) is 2.61. The number of aryl methyl sites for hydroxylation is 2. The van der Waals surface area contributed by atoms with Gasteiger partial charge in [0.2, 0.25) is 5.88 Å². The second kappa shape index (κ2) is 3.42. The van der Waals surface area contributed by atoms with Crippen LogP contribution in [0.4, 0.5) is 5.88 Å². The first-order valence-electron chi connectivity index (χ1n) is 4.89. The molecule has 1 heterocycles. The summed E-state index contributed by atoms with van der Waals surface area (Å²) in [7, 11) is 0. The number of hydrogen-bond donors (Lipinski definition) is 1. The summed E-state index contributed by atoms with van der Waals surface area (Å²) >= 11 is 0. The van der Waals surface area contributed by atoms with Crippen molar-refractivity contribution in [3.8, 4) is 11.3 Å². The maximum absolute atomic E-state index is 5.64. The molecule has 1 aromatic heterocycles. The number of nitrogens with zero attached hydrogens (tertiary/aromatic N) is 1. The van der Waals surface area contributed by atoms with E-state index in [0.29, 0.717) is 5.88 Å². The number of benzene rings is 1. The summed E-state index contributed by atoms with van der Waals surface area (Å²) in [6.45, 7) is 6.03. The predicted octanol–water partition coefficient (Wildman–Crippen LogP) is 2.85. The van der Waals surface area contributed by atoms with Crippen LogP contribution in [0.1, 0.15) is 16.7 Å². The minimum absolute atomic E-state index is 0.394. The minimum Gasteiger partial charge on any atom is -0.367 e. The lowest BCUT2D eigenvalue weighted by Gasteiger charge is -2.04. The number of anilines is 1. The van der Waals surface area contributed by atoms with E-state index in [4.69, 9.17) is 10.3 Å². The van der Waals surface area contributed by atoms with Gasteiger partial charge < -0.3 is 10.3 Å². The molecule has 15 heavy (non-hydrogen) atoms. The molecule has 0 aliphatic rings. The third-order valence-electron chi connectivity index (χ3n) is 2.61. The van der Waals surface area contributed by atoms with Crippen LogP contribution >= 0.6 is 0 Å². The van der Waals surface area contributed by atoms with E-state index in [0.717, 1.165) is 16.8 Å². The first-order valence-corrected chi connectivity index (χ1v) is 4.89. The minimum atomic E-state index is 0.394. The summed E-state index contributed by atoms with van der Waals surface area (Å²) in [5.41, 5.74) is 10.9. The van der Waals surface area contributed by atoms with Crippen molar-refractivity contribution in [3.05, 3.63) is 34.9 Å². The van der Waals surface area contributed by atoms with E-state index in [2.05, 4.69) is 37.2 Å². The topological polar surface area (TPSA) is 52.0 Å². The molecule has 0 amide bonds. The van der Waals surface area contributed by atoms with Gasteiger partial charge in [-0.25, -0.2) is 0 Å². The van der Waals surface area contributed by atoms with E-state index < -0.39 is 0 Å². The molecule has 3 heteroatoms. The monoisotopic (exact) mass is 202 g/mol. The van der Waals surface area contributed by atoms with E-state index >= 15 is 0 Å². The SMILES string of the molecule is Cc1ccc(C)c(-c2noc(N)c2C)c1. The highest BCUT2D eigenvalue weighted by atomic mass is 16.5. The smallest absolute Gasteiger partial charge is 0.225 e. The number of nitrogen functional groups attached to an aromatic ring is 1. The van der Waals surface area contributed by atoms with Crippen LogP contribution in [0.25, 0.3) is 11.3 Å². The normalized spacial score (nSPS) is 10.6. The van der Waals surface area contributed by atoms with Gasteiger partial charge in [0.1, 0.15) is 5.69 Å². The van der Waals surface area contributed by atoms with Crippen LogP contribution in [0, 0.1) is 20.8 Å². The molecule has 3 nitrogen and oxygen atoms in total. The number of nitrogens with two attached hydrogens (primary N) is 1. The van der Waals surface area contributed by atoms with Crippen molar-refractivity contribution < 1.29 is 4.52 Å². The average Bonchev–Trinajstić information content (AvgIpc) is 2.52. The standard InChI is InChI=1S/C12H14N2O/c1-7-4-5-8(2)10(6-7)11-9(3)12(13)15-14-11/h4-6H,13H2,1-3H3. The number of aromatic nitrogens is 1. The molecule has 0 aliphatic carbocycles. The molecule has 0 bridgehead atoms. The Labute approximate surface area is 88.9 Å². The molecule has 2 rings (SSSR count). The molecule has 1 aromatic carbocycles. The second-order valence-corrected chi connectivity index (χ2v) is 3.84. The fourth-order valence-corrected chi connectivity index (χ4v) is 1.59. The van der Waals surface area contributed by atoms with Crippen molar-refractivity contribution in [2.24, 2.45) is 0 Å². The summed E-state index contributed by atoms with van der Waals surface area (Å²) in [6.07, 6.45) is 0. The molecule has 0 spiro atoms. The van der Waals surface area contributed by atoms with E-state index in [1.165, 1.54) is 11.1 Å². The molecule has 0 unspecified atom stereocenters. The summed E-state index contributed by atoms with van der Waals surface area (Å²) in [6, 6.07) is 6.26. The van der Waals surface area contributed by atoms with Gasteiger partial charge in [-0.15, -0.1) is 0 Å². The van der Waals surface area contributed by atoms with E-state index in [1.807, 2.05) is 6.92 Å². The zero-order chi connectivity index (χ0) is 11.0. The van der Waals surface area contributed by atoms with Crippen LogP contribution in [-0.4, -0.2) is 5.16 Å². The third kappa shape index (κ3) is 1.61. The largest absolute Gasteiger partial charge is 0.367 e. The van der Waals surface area contributed by atoms with Crippen LogP contribution in [0.5, 0.6) is 0 Å². The summed E-state index contributed by atoms with van der Waals surface area (Å²) < 4.78 is 4.97. The Bertz CT molecular complexity index is 500. The van der Waals surface area contributed by atoms with Crippen LogP contribution in [0.3, 0.4) is 0 Å². The summed E-state index contributed by atoms with van der Waals surface area (Å²) in [4.78, 5) is 0. The van der Waals surface area contributed by atoms with Gasteiger partial charge in [0.25, 0.3) is 0 Å². The Morgan fingerprint density at radius 3 is 2.53 bits per heavy atom. The van der Waals surface area contributed by atoms with Crippen molar-refractivity contribution >= 4 is 5.88 Å². The predicted molar refractivity (Wildman–Crippen MR) is 60.6 cm³/mol. The molecular weight excluding hydrogens is 188 g/mol. The van der Waals surface area contributed by atoms with Gasteiger partial charge in [-0.05, 0) is 32.4 Å². The molecule has 2 aromatic rings. The molecule has 0 aliphatic heterocycles. The van der Waals surface area contributed by atoms with Crippen molar-refractivity contribution in [3.63, 3.8) is 0 Å². The van der Waals surface area contributed by atoms with Crippen LogP contribution in [0.15, 0.2) is 22.7 Å². The first kappa shape index (κ1) is 9.77. The first-order chi connectivity index (χ1) is 7.09. The number of rotatable bonds is 1. The lowest BCUT2D eigenvalue weighted by Crippen LogP contribution is -1.88. The Kier molecular flexibility index (Phi) is 2.23. The van der Waals surface area contributed by atoms with Crippen LogP contribution in [0.2, 0.25) is 0 Å². The van der Waals surface area contributed by atoms with Gasteiger partial charge in [-0.1, -0.05) is 22.9 Å². The fourth-order valence-electron chi connectivity index (χ4n) is 1.59. The van der Waals surface area contributed by atoms with Gasteiger partial charge in [0.15, 0.2) is 0 Å².